The van der Waals surface area contributed by atoms with Gasteiger partial charge >= 0.3 is 0 Å². The van der Waals surface area contributed by atoms with Crippen molar-refractivity contribution >= 4 is 11.6 Å². The zero-order chi connectivity index (χ0) is 15.2. The second-order valence-electron chi connectivity index (χ2n) is 5.78. The highest BCUT2D eigenvalue weighted by molar-refractivity contribution is 5.92. The Morgan fingerprint density at radius 2 is 2.10 bits per heavy atom. The smallest absolute Gasteiger partial charge is 0.238 e. The number of piperidine rings is 1. The highest BCUT2D eigenvalue weighted by Gasteiger charge is 2.20. The first-order chi connectivity index (χ1) is 10.1. The molecular weight excluding hydrogens is 269 g/mol. The molecule has 1 aromatic carbocycles. The van der Waals surface area contributed by atoms with Crippen LogP contribution in [0.1, 0.15) is 18.4 Å². The van der Waals surface area contributed by atoms with Crippen molar-refractivity contribution in [2.75, 3.05) is 38.5 Å². The summed E-state index contributed by atoms with van der Waals surface area (Å²) in [7, 11) is 1.97. The molecule has 0 unspecified atom stereocenters. The van der Waals surface area contributed by atoms with Gasteiger partial charge in [-0.05, 0) is 70.1 Å². The number of nitrogens with one attached hydrogen (secondary N) is 2. The van der Waals surface area contributed by atoms with Gasteiger partial charge in [-0.3, -0.25) is 9.69 Å². The summed E-state index contributed by atoms with van der Waals surface area (Å²) in [6.45, 7) is 5.17. The normalized spacial score (nSPS) is 16.9. The molecule has 4 nitrogen and oxygen atoms in total. The van der Waals surface area contributed by atoms with Crippen molar-refractivity contribution in [1.82, 2.24) is 10.2 Å². The number of anilines is 1. The largest absolute Gasteiger partial charge is 0.325 e. The van der Waals surface area contributed by atoms with Crippen molar-refractivity contribution in [1.29, 1.82) is 0 Å². The van der Waals surface area contributed by atoms with Gasteiger partial charge in [-0.1, -0.05) is 6.07 Å². The predicted octanol–water partition coefficient (Wildman–Crippen LogP) is 2.00. The van der Waals surface area contributed by atoms with Crippen LogP contribution in [0.25, 0.3) is 0 Å². The molecule has 1 fully saturated rings. The number of hydrogen-bond donors (Lipinski definition) is 2. The Hall–Kier alpha value is -1.46. The summed E-state index contributed by atoms with van der Waals surface area (Å²) in [4.78, 5) is 14.2. The van der Waals surface area contributed by atoms with Gasteiger partial charge in [0.1, 0.15) is 5.82 Å². The number of carbonyl (C=O) groups excluding carboxylic acids is 1. The van der Waals surface area contributed by atoms with Crippen LogP contribution in [0, 0.1) is 18.7 Å². The Morgan fingerprint density at radius 1 is 1.38 bits per heavy atom. The molecule has 1 aliphatic heterocycles. The summed E-state index contributed by atoms with van der Waals surface area (Å²) in [6.07, 6.45) is 2.24. The minimum atomic E-state index is -0.330. The number of aryl methyl sites for hydroxylation is 1. The summed E-state index contributed by atoms with van der Waals surface area (Å²) in [6, 6.07) is 4.44. The molecule has 1 amide bonds. The van der Waals surface area contributed by atoms with E-state index in [2.05, 4.69) is 15.5 Å². The fourth-order valence-corrected chi connectivity index (χ4v) is 2.76. The van der Waals surface area contributed by atoms with Crippen molar-refractivity contribution in [2.24, 2.45) is 5.92 Å². The van der Waals surface area contributed by atoms with E-state index in [1.54, 1.807) is 6.07 Å². The van der Waals surface area contributed by atoms with Crippen LogP contribution in [0.15, 0.2) is 18.2 Å². The number of carbonyl (C=O) groups is 1. The molecule has 0 aliphatic carbocycles. The monoisotopic (exact) mass is 293 g/mol. The first-order valence-corrected chi connectivity index (χ1v) is 7.51. The van der Waals surface area contributed by atoms with E-state index in [1.165, 1.54) is 12.1 Å². The lowest BCUT2D eigenvalue weighted by molar-refractivity contribution is -0.117. The van der Waals surface area contributed by atoms with E-state index in [-0.39, 0.29) is 11.7 Å². The molecule has 1 saturated heterocycles. The zero-order valence-corrected chi connectivity index (χ0v) is 12.8. The second-order valence-corrected chi connectivity index (χ2v) is 5.78. The van der Waals surface area contributed by atoms with E-state index in [1.807, 2.05) is 14.0 Å². The van der Waals surface area contributed by atoms with Gasteiger partial charge < -0.3 is 10.6 Å². The van der Waals surface area contributed by atoms with E-state index < -0.39 is 0 Å². The molecule has 0 aromatic heterocycles. The molecule has 2 rings (SSSR count). The lowest BCUT2D eigenvalue weighted by Gasteiger charge is -2.31. The first-order valence-electron chi connectivity index (χ1n) is 7.51. The molecule has 116 valence electrons. The number of benzene rings is 1. The van der Waals surface area contributed by atoms with Gasteiger partial charge in [0, 0.05) is 5.69 Å². The molecule has 0 bridgehead atoms. The SMILES string of the molecule is CNCC1CCN(CC(=O)Nc2cc(F)ccc2C)CC1. The van der Waals surface area contributed by atoms with Crippen LogP contribution in [0.2, 0.25) is 0 Å². The van der Waals surface area contributed by atoms with Crippen LogP contribution >= 0.6 is 0 Å². The summed E-state index contributed by atoms with van der Waals surface area (Å²) in [5.41, 5.74) is 1.43. The Balaban J connectivity index is 1.81. The minimum absolute atomic E-state index is 0.0734. The van der Waals surface area contributed by atoms with Gasteiger partial charge in [0.15, 0.2) is 0 Å². The molecule has 0 radical (unpaired) electrons. The van der Waals surface area contributed by atoms with Crippen molar-refractivity contribution < 1.29 is 9.18 Å². The van der Waals surface area contributed by atoms with Crippen LogP contribution in [0.4, 0.5) is 10.1 Å². The highest BCUT2D eigenvalue weighted by atomic mass is 19.1. The third kappa shape index (κ3) is 4.79. The Kier molecular flexibility index (Phi) is 5.70. The van der Waals surface area contributed by atoms with E-state index in [9.17, 15) is 9.18 Å². The average Bonchev–Trinajstić information content (AvgIpc) is 2.45. The quantitative estimate of drug-likeness (QED) is 0.873. The van der Waals surface area contributed by atoms with Crippen LogP contribution in [0.3, 0.4) is 0 Å². The molecule has 0 saturated carbocycles. The number of rotatable bonds is 5. The molecule has 0 spiro atoms. The third-order valence-corrected chi connectivity index (χ3v) is 4.04. The number of amides is 1. The summed E-state index contributed by atoms with van der Waals surface area (Å²) in [5.74, 6) is 0.305. The van der Waals surface area contributed by atoms with Gasteiger partial charge in [-0.15, -0.1) is 0 Å². The van der Waals surface area contributed by atoms with Crippen LogP contribution in [0.5, 0.6) is 0 Å². The molecule has 1 aliphatic rings. The lowest BCUT2D eigenvalue weighted by Crippen LogP contribution is -2.40. The van der Waals surface area contributed by atoms with Gasteiger partial charge in [-0.25, -0.2) is 4.39 Å². The Morgan fingerprint density at radius 3 is 2.76 bits per heavy atom. The number of hydrogen-bond acceptors (Lipinski definition) is 3. The summed E-state index contributed by atoms with van der Waals surface area (Å²) >= 11 is 0. The number of nitrogens with zero attached hydrogens (tertiary/aromatic N) is 1. The molecular formula is C16H24FN3O. The Labute approximate surface area is 125 Å². The van der Waals surface area contributed by atoms with Crippen LogP contribution < -0.4 is 10.6 Å². The third-order valence-electron chi connectivity index (χ3n) is 4.04. The van der Waals surface area contributed by atoms with Gasteiger partial charge in [0.05, 0.1) is 6.54 Å². The highest BCUT2D eigenvalue weighted by Crippen LogP contribution is 2.18. The molecule has 1 heterocycles. The predicted molar refractivity (Wildman–Crippen MR) is 82.9 cm³/mol. The van der Waals surface area contributed by atoms with E-state index in [0.717, 1.165) is 38.0 Å². The maximum atomic E-state index is 13.2. The zero-order valence-electron chi connectivity index (χ0n) is 12.8. The average molecular weight is 293 g/mol. The molecule has 21 heavy (non-hydrogen) atoms. The summed E-state index contributed by atoms with van der Waals surface area (Å²) < 4.78 is 13.2. The lowest BCUT2D eigenvalue weighted by atomic mass is 9.97. The van der Waals surface area contributed by atoms with E-state index in [4.69, 9.17) is 0 Å². The van der Waals surface area contributed by atoms with Crippen molar-refractivity contribution in [2.45, 2.75) is 19.8 Å². The fourth-order valence-electron chi connectivity index (χ4n) is 2.76. The van der Waals surface area contributed by atoms with E-state index >= 15 is 0 Å². The van der Waals surface area contributed by atoms with Crippen LogP contribution in [-0.2, 0) is 4.79 Å². The van der Waals surface area contributed by atoms with Gasteiger partial charge in [-0.2, -0.15) is 0 Å². The fraction of sp³-hybridized carbons (Fsp3) is 0.562. The summed E-state index contributed by atoms with van der Waals surface area (Å²) in [5, 5.41) is 6.01. The van der Waals surface area contributed by atoms with E-state index in [0.29, 0.717) is 18.2 Å². The molecule has 0 atom stereocenters. The van der Waals surface area contributed by atoms with Crippen LogP contribution in [-0.4, -0.2) is 44.0 Å². The minimum Gasteiger partial charge on any atom is -0.325 e. The maximum absolute atomic E-state index is 13.2. The first kappa shape index (κ1) is 15.9. The van der Waals surface area contributed by atoms with Crippen molar-refractivity contribution in [3.8, 4) is 0 Å². The van der Waals surface area contributed by atoms with Crippen molar-refractivity contribution in [3.63, 3.8) is 0 Å². The van der Waals surface area contributed by atoms with Gasteiger partial charge in [0.25, 0.3) is 0 Å². The van der Waals surface area contributed by atoms with Crippen molar-refractivity contribution in [3.05, 3.63) is 29.6 Å². The molecule has 1 aromatic rings. The maximum Gasteiger partial charge on any atom is 0.238 e. The number of likely N-dealkylation sites (tertiary alicyclic amines) is 1. The topological polar surface area (TPSA) is 44.4 Å². The molecule has 2 N–H and O–H groups in total. The number of halogens is 1. The van der Waals surface area contributed by atoms with Gasteiger partial charge in [0.2, 0.25) is 5.91 Å². The standard InChI is InChI=1S/C16H24FN3O/c1-12-3-4-14(17)9-15(12)19-16(21)11-20-7-5-13(6-8-20)10-18-2/h3-4,9,13,18H,5-8,10-11H2,1-2H3,(H,19,21). The Bertz CT molecular complexity index is 484. The molecule has 5 heteroatoms. The second kappa shape index (κ2) is 7.52.